The van der Waals surface area contributed by atoms with E-state index in [1.54, 1.807) is 21.1 Å². The molecule has 0 unspecified atom stereocenters. The predicted molar refractivity (Wildman–Crippen MR) is 169 cm³/mol. The summed E-state index contributed by atoms with van der Waals surface area (Å²) in [5.74, 6) is -0.391. The van der Waals surface area contributed by atoms with E-state index >= 15 is 0 Å². The Labute approximate surface area is 258 Å². The third-order valence-electron chi connectivity index (χ3n) is 8.42. The van der Waals surface area contributed by atoms with E-state index in [0.29, 0.717) is 56.0 Å². The van der Waals surface area contributed by atoms with Crippen LogP contribution in [0.25, 0.3) is 21.1 Å². The quantitative estimate of drug-likeness (QED) is 0.312. The molecule has 2 bridgehead atoms. The minimum Gasteiger partial charge on any atom is -0.494 e. The number of para-hydroxylation sites is 2. The van der Waals surface area contributed by atoms with Crippen molar-refractivity contribution in [1.82, 2.24) is 25.1 Å². The zero-order valence-electron chi connectivity index (χ0n) is 24.0. The van der Waals surface area contributed by atoms with Crippen molar-refractivity contribution in [2.24, 2.45) is 5.92 Å². The van der Waals surface area contributed by atoms with E-state index in [1.165, 1.54) is 6.20 Å². The average molecular weight is 606 g/mol. The van der Waals surface area contributed by atoms with Gasteiger partial charge in [0.05, 0.1) is 35.3 Å². The molecule has 4 heterocycles. The number of hydrogen-bond acceptors (Lipinski definition) is 7. The highest BCUT2D eigenvalue weighted by Crippen LogP contribution is 2.36. The van der Waals surface area contributed by atoms with Gasteiger partial charge in [-0.2, -0.15) is 0 Å². The fraction of sp³-hybridized carbons (Fsp3) is 0.265. The van der Waals surface area contributed by atoms with E-state index in [2.05, 4.69) is 15.3 Å². The van der Waals surface area contributed by atoms with Crippen LogP contribution in [0.1, 0.15) is 38.7 Å². The van der Waals surface area contributed by atoms with Crippen molar-refractivity contribution < 1.29 is 19.1 Å². The van der Waals surface area contributed by atoms with Crippen molar-refractivity contribution in [2.45, 2.75) is 12.3 Å². The van der Waals surface area contributed by atoms with Crippen LogP contribution in [-0.2, 0) is 4.79 Å². The topological polar surface area (TPSA) is 105 Å². The summed E-state index contributed by atoms with van der Waals surface area (Å²) in [5, 5.41) is 5.91. The van der Waals surface area contributed by atoms with Crippen LogP contribution in [-0.4, -0.2) is 76.8 Å². The first-order chi connectivity index (χ1) is 21.5. The molecule has 2 aliphatic rings. The molecule has 0 saturated carbocycles. The third kappa shape index (κ3) is 5.48. The summed E-state index contributed by atoms with van der Waals surface area (Å²) in [6.45, 7) is 2.18. The van der Waals surface area contributed by atoms with Crippen molar-refractivity contribution in [3.05, 3.63) is 101 Å². The van der Waals surface area contributed by atoms with Gasteiger partial charge in [-0.05, 0) is 42.3 Å². The van der Waals surface area contributed by atoms with Gasteiger partial charge < -0.3 is 19.9 Å². The second kappa shape index (κ2) is 12.0. The van der Waals surface area contributed by atoms with Crippen LogP contribution in [0.2, 0.25) is 0 Å². The van der Waals surface area contributed by atoms with Crippen LogP contribution in [0.15, 0.2) is 84.4 Å². The number of amides is 3. The molecule has 3 aromatic carbocycles. The van der Waals surface area contributed by atoms with Crippen LogP contribution < -0.4 is 10.1 Å². The van der Waals surface area contributed by atoms with Crippen LogP contribution in [0.3, 0.4) is 0 Å². The third-order valence-corrected chi connectivity index (χ3v) is 9.38. The van der Waals surface area contributed by atoms with Gasteiger partial charge in [-0.25, -0.2) is 4.98 Å². The second-order valence-corrected chi connectivity index (χ2v) is 12.1. The number of hydrogen-bond donors (Lipinski definition) is 1. The molecular formula is C34H31N5O4S. The number of likely N-dealkylation sites (tertiary alicyclic amines) is 1. The van der Waals surface area contributed by atoms with Crippen molar-refractivity contribution in [3.8, 4) is 5.75 Å². The van der Waals surface area contributed by atoms with Gasteiger partial charge in [0.1, 0.15) is 11.4 Å². The lowest BCUT2D eigenvalue weighted by molar-refractivity contribution is -0.125. The second-order valence-electron chi connectivity index (χ2n) is 11.2. The minimum absolute atomic E-state index is 0.0682. The molecule has 7 rings (SSSR count). The maximum atomic E-state index is 13.8. The van der Waals surface area contributed by atoms with Gasteiger partial charge in [-0.1, -0.05) is 42.5 Å². The van der Waals surface area contributed by atoms with E-state index < -0.39 is 5.92 Å². The van der Waals surface area contributed by atoms with E-state index in [0.717, 1.165) is 21.2 Å². The normalized spacial score (nSPS) is 19.2. The van der Waals surface area contributed by atoms with Gasteiger partial charge in [0.25, 0.3) is 11.8 Å². The standard InChI is InChI=1S/C34H31N5O4S/c40-32-26-20-39(33(41)27-21-44-31-12-4-1-9-24(27)31)19-25(26)22-7-5-8-23(17-22)43-16-6-14-38(15-13-35-32)34(42)30-18-36-28-10-2-3-11-29(28)37-30/h1-5,7-12,17-18,21,25-26H,6,13-16,19-20H2,(H,35,40)/t25-,26+/m1/s1. The number of aromatic nitrogens is 2. The Morgan fingerprint density at radius 3 is 2.61 bits per heavy atom. The number of carbonyl (C=O) groups excluding carboxylic acids is 3. The summed E-state index contributed by atoms with van der Waals surface area (Å²) >= 11 is 1.55. The molecule has 9 nitrogen and oxygen atoms in total. The van der Waals surface area contributed by atoms with Gasteiger partial charge in [0.2, 0.25) is 5.91 Å². The summed E-state index contributed by atoms with van der Waals surface area (Å²) in [6.07, 6.45) is 2.11. The highest BCUT2D eigenvalue weighted by atomic mass is 32.1. The number of thiophene rings is 1. The Morgan fingerprint density at radius 2 is 1.70 bits per heavy atom. The molecule has 2 aromatic heterocycles. The summed E-state index contributed by atoms with van der Waals surface area (Å²) in [7, 11) is 0. The Hall–Kier alpha value is -4.83. The molecule has 10 heteroatoms. The van der Waals surface area contributed by atoms with Crippen molar-refractivity contribution in [3.63, 3.8) is 0 Å². The fourth-order valence-corrected chi connectivity index (χ4v) is 7.08. The van der Waals surface area contributed by atoms with Gasteiger partial charge in [0, 0.05) is 54.1 Å². The zero-order chi connectivity index (χ0) is 30.0. The Kier molecular flexibility index (Phi) is 7.66. The molecule has 1 saturated heterocycles. The largest absolute Gasteiger partial charge is 0.494 e. The smallest absolute Gasteiger partial charge is 0.274 e. The van der Waals surface area contributed by atoms with Crippen molar-refractivity contribution in [1.29, 1.82) is 0 Å². The highest BCUT2D eigenvalue weighted by Gasteiger charge is 2.41. The number of nitrogens with one attached hydrogen (secondary N) is 1. The van der Waals surface area contributed by atoms with Crippen LogP contribution in [0.4, 0.5) is 0 Å². The summed E-state index contributed by atoms with van der Waals surface area (Å²) < 4.78 is 7.15. The van der Waals surface area contributed by atoms with Crippen molar-refractivity contribution >= 4 is 50.2 Å². The number of nitrogens with zero attached hydrogens (tertiary/aromatic N) is 4. The van der Waals surface area contributed by atoms with Crippen LogP contribution in [0, 0.1) is 5.92 Å². The van der Waals surface area contributed by atoms with E-state index in [-0.39, 0.29) is 35.9 Å². The molecule has 0 radical (unpaired) electrons. The van der Waals surface area contributed by atoms with E-state index in [9.17, 15) is 14.4 Å². The van der Waals surface area contributed by atoms with Gasteiger partial charge >= 0.3 is 0 Å². The fourth-order valence-electron chi connectivity index (χ4n) is 6.15. The number of fused-ring (bicyclic) bond motifs is 6. The molecule has 44 heavy (non-hydrogen) atoms. The van der Waals surface area contributed by atoms with E-state index in [1.807, 2.05) is 78.2 Å². The van der Waals surface area contributed by atoms with Gasteiger partial charge in [0.15, 0.2) is 0 Å². The maximum absolute atomic E-state index is 13.8. The molecule has 1 N–H and O–H groups in total. The number of rotatable bonds is 2. The molecule has 222 valence electrons. The minimum atomic E-state index is -0.447. The number of ether oxygens (including phenoxy) is 1. The van der Waals surface area contributed by atoms with E-state index in [4.69, 9.17) is 4.74 Å². The lowest BCUT2D eigenvalue weighted by Crippen LogP contribution is -2.42. The Morgan fingerprint density at radius 1 is 0.886 bits per heavy atom. The van der Waals surface area contributed by atoms with Gasteiger partial charge in [-0.15, -0.1) is 11.3 Å². The first kappa shape index (κ1) is 28.0. The Bertz CT molecular complexity index is 1870. The zero-order valence-corrected chi connectivity index (χ0v) is 24.8. The Balaban J connectivity index is 1.13. The molecule has 1 fully saturated rings. The lowest BCUT2D eigenvalue weighted by atomic mass is 9.88. The molecule has 0 spiro atoms. The maximum Gasteiger partial charge on any atom is 0.274 e. The highest BCUT2D eigenvalue weighted by molar-refractivity contribution is 7.17. The number of carbonyl (C=O) groups is 3. The van der Waals surface area contributed by atoms with Gasteiger partial charge in [-0.3, -0.25) is 19.4 Å². The first-order valence-corrected chi connectivity index (χ1v) is 15.7. The monoisotopic (exact) mass is 605 g/mol. The molecule has 5 aromatic rings. The molecule has 0 aliphatic carbocycles. The number of benzene rings is 3. The summed E-state index contributed by atoms with van der Waals surface area (Å²) in [6, 6.07) is 23.1. The molecule has 2 aliphatic heterocycles. The lowest BCUT2D eigenvalue weighted by Gasteiger charge is -2.24. The molecule has 3 amide bonds. The van der Waals surface area contributed by atoms with Crippen LogP contribution in [0.5, 0.6) is 5.75 Å². The summed E-state index contributed by atoms with van der Waals surface area (Å²) in [4.78, 5) is 53.4. The predicted octanol–water partition coefficient (Wildman–Crippen LogP) is 4.74. The van der Waals surface area contributed by atoms with Crippen LogP contribution >= 0.6 is 11.3 Å². The molecule has 2 atom stereocenters. The SMILES string of the molecule is O=C1NCCN(C(=O)c2cnc3ccccc3n2)CCCOc2cccc(c2)[C@H]2CN(C(=O)c3csc4ccccc34)C[C@H]12. The average Bonchev–Trinajstić information content (AvgIpc) is 3.70. The summed E-state index contributed by atoms with van der Waals surface area (Å²) in [5.41, 5.74) is 3.27. The van der Waals surface area contributed by atoms with Crippen molar-refractivity contribution in [2.75, 3.05) is 39.3 Å². The first-order valence-electron chi connectivity index (χ1n) is 14.8. The molecular weight excluding hydrogens is 574 g/mol.